The normalized spacial score (nSPS) is 22.0. The van der Waals surface area contributed by atoms with Crippen molar-refractivity contribution in [2.45, 2.75) is 64.3 Å². The zero-order chi connectivity index (χ0) is 24.7. The van der Waals surface area contributed by atoms with Crippen LogP contribution in [0.5, 0.6) is 0 Å². The van der Waals surface area contributed by atoms with E-state index >= 15 is 0 Å². The van der Waals surface area contributed by atoms with Crippen molar-refractivity contribution in [2.24, 2.45) is 5.92 Å². The molecule has 6 nitrogen and oxygen atoms in total. The molecule has 2 fully saturated rings. The highest BCUT2D eigenvalue weighted by atomic mass is 19.4. The average Bonchev–Trinajstić information content (AvgIpc) is 2.81. The maximum Gasteiger partial charge on any atom is 0.417 e. The molecule has 1 heterocycles. The number of benzene rings is 1. The van der Waals surface area contributed by atoms with Gasteiger partial charge in [-0.25, -0.2) is 0 Å². The SMILES string of the molecule is CC(C)OCC(=O)N[C@H]1CC[C@H](CCN2CCN(c3cccc(C(F)(F)F)c3C#N)CC2)CC1. The van der Waals surface area contributed by atoms with Crippen LogP contribution in [0.1, 0.15) is 57.1 Å². The van der Waals surface area contributed by atoms with Gasteiger partial charge in [-0.15, -0.1) is 0 Å². The molecule has 0 unspecified atom stereocenters. The fourth-order valence-electron chi connectivity index (χ4n) is 4.84. The lowest BCUT2D eigenvalue weighted by Gasteiger charge is -2.37. The molecule has 1 amide bonds. The molecule has 34 heavy (non-hydrogen) atoms. The van der Waals surface area contributed by atoms with Gasteiger partial charge in [0.05, 0.1) is 22.9 Å². The van der Waals surface area contributed by atoms with Crippen molar-refractivity contribution in [1.82, 2.24) is 10.2 Å². The van der Waals surface area contributed by atoms with Gasteiger partial charge in [-0.3, -0.25) is 9.69 Å². The van der Waals surface area contributed by atoms with Gasteiger partial charge >= 0.3 is 6.18 Å². The van der Waals surface area contributed by atoms with Gasteiger partial charge in [-0.2, -0.15) is 18.4 Å². The molecule has 1 saturated heterocycles. The molecule has 1 aromatic rings. The lowest BCUT2D eigenvalue weighted by Crippen LogP contribution is -2.47. The number of piperazine rings is 1. The zero-order valence-corrected chi connectivity index (χ0v) is 20.0. The van der Waals surface area contributed by atoms with Gasteiger partial charge in [0.1, 0.15) is 12.7 Å². The molecule has 0 spiro atoms. The monoisotopic (exact) mass is 480 g/mol. The minimum atomic E-state index is -4.54. The lowest BCUT2D eigenvalue weighted by molar-refractivity contribution is -0.137. The quantitative estimate of drug-likeness (QED) is 0.604. The van der Waals surface area contributed by atoms with Crippen LogP contribution in [0.3, 0.4) is 0 Å². The summed E-state index contributed by atoms with van der Waals surface area (Å²) in [5, 5.41) is 12.4. The van der Waals surface area contributed by atoms with E-state index in [0.29, 0.717) is 24.7 Å². The van der Waals surface area contributed by atoms with Gasteiger partial charge in [0.2, 0.25) is 5.91 Å². The number of nitriles is 1. The molecule has 1 aliphatic heterocycles. The fraction of sp³-hybridized carbons (Fsp3) is 0.680. The van der Waals surface area contributed by atoms with Gasteiger partial charge in [0.15, 0.2) is 0 Å². The molecule has 2 aliphatic rings. The first-order valence-corrected chi connectivity index (χ1v) is 12.2. The number of halogens is 3. The van der Waals surface area contributed by atoms with Crippen LogP contribution >= 0.6 is 0 Å². The van der Waals surface area contributed by atoms with Crippen LogP contribution in [-0.2, 0) is 15.7 Å². The Morgan fingerprint density at radius 2 is 1.85 bits per heavy atom. The number of carbonyl (C=O) groups is 1. The van der Waals surface area contributed by atoms with E-state index in [1.807, 2.05) is 18.7 Å². The Kier molecular flexibility index (Phi) is 9.20. The average molecular weight is 481 g/mol. The Labute approximate surface area is 200 Å². The summed E-state index contributed by atoms with van der Waals surface area (Å²) in [7, 11) is 0. The highest BCUT2D eigenvalue weighted by Gasteiger charge is 2.35. The van der Waals surface area contributed by atoms with Crippen molar-refractivity contribution in [1.29, 1.82) is 5.26 Å². The van der Waals surface area contributed by atoms with Gasteiger partial charge in [0, 0.05) is 32.2 Å². The van der Waals surface area contributed by atoms with Crippen LogP contribution in [0.25, 0.3) is 0 Å². The third-order valence-corrected chi connectivity index (χ3v) is 6.79. The number of ether oxygens (including phenoxy) is 1. The number of nitrogens with one attached hydrogen (secondary N) is 1. The standard InChI is InChI=1S/C25H35F3N4O2/c1-18(2)34-17-24(33)30-20-8-6-19(7-9-20)10-11-31-12-14-32(15-13-31)23-5-3-4-22(21(23)16-29)25(26,27)28/h3-5,18-20H,6-15,17H2,1-2H3,(H,30,33)/t19-,20-. The Morgan fingerprint density at radius 1 is 1.18 bits per heavy atom. The van der Waals surface area contributed by atoms with Crippen LogP contribution in [0.2, 0.25) is 0 Å². The summed E-state index contributed by atoms with van der Waals surface area (Å²) < 4.78 is 45.2. The highest BCUT2D eigenvalue weighted by molar-refractivity contribution is 5.77. The maximum absolute atomic E-state index is 13.3. The van der Waals surface area contributed by atoms with Crippen molar-refractivity contribution < 1.29 is 22.7 Å². The molecular weight excluding hydrogens is 445 g/mol. The summed E-state index contributed by atoms with van der Waals surface area (Å²) in [6, 6.07) is 5.95. The predicted molar refractivity (Wildman–Crippen MR) is 124 cm³/mol. The molecule has 188 valence electrons. The van der Waals surface area contributed by atoms with E-state index in [9.17, 15) is 23.2 Å². The number of rotatable bonds is 8. The number of amides is 1. The van der Waals surface area contributed by atoms with Gasteiger partial charge in [0.25, 0.3) is 0 Å². The molecular formula is C25H35F3N4O2. The number of nitrogens with zero attached hydrogens (tertiary/aromatic N) is 3. The largest absolute Gasteiger partial charge is 0.417 e. The highest BCUT2D eigenvalue weighted by Crippen LogP contribution is 2.36. The number of alkyl halides is 3. The molecule has 3 rings (SSSR count). The molecule has 0 aromatic heterocycles. The third kappa shape index (κ3) is 7.34. The van der Waals surface area contributed by atoms with Crippen LogP contribution < -0.4 is 10.2 Å². The van der Waals surface area contributed by atoms with E-state index in [4.69, 9.17) is 4.74 Å². The van der Waals surface area contributed by atoms with Crippen molar-refractivity contribution in [3.05, 3.63) is 29.3 Å². The first-order valence-electron chi connectivity index (χ1n) is 12.2. The topological polar surface area (TPSA) is 68.6 Å². The number of hydrogen-bond donors (Lipinski definition) is 1. The van der Waals surface area contributed by atoms with Crippen molar-refractivity contribution in [3.63, 3.8) is 0 Å². The summed E-state index contributed by atoms with van der Waals surface area (Å²) in [6.45, 7) is 7.64. The molecule has 1 saturated carbocycles. The minimum Gasteiger partial charge on any atom is -0.369 e. The van der Waals surface area contributed by atoms with Crippen molar-refractivity contribution in [3.8, 4) is 6.07 Å². The van der Waals surface area contributed by atoms with Crippen molar-refractivity contribution in [2.75, 3.05) is 44.2 Å². The van der Waals surface area contributed by atoms with Crippen LogP contribution in [-0.4, -0.2) is 62.3 Å². The second-order valence-electron chi connectivity index (χ2n) is 9.57. The van der Waals surface area contributed by atoms with E-state index in [0.717, 1.165) is 57.8 Å². The van der Waals surface area contributed by atoms with Crippen LogP contribution in [0, 0.1) is 17.2 Å². The smallest absolute Gasteiger partial charge is 0.369 e. The fourth-order valence-corrected chi connectivity index (χ4v) is 4.84. The van der Waals surface area contributed by atoms with Crippen LogP contribution in [0.15, 0.2) is 18.2 Å². The second kappa shape index (κ2) is 11.9. The molecule has 0 bridgehead atoms. The third-order valence-electron chi connectivity index (χ3n) is 6.79. The first-order chi connectivity index (χ1) is 16.2. The second-order valence-corrected chi connectivity index (χ2v) is 9.57. The summed E-state index contributed by atoms with van der Waals surface area (Å²) in [6.07, 6.45) is 0.743. The van der Waals surface area contributed by atoms with E-state index in [1.54, 1.807) is 12.1 Å². The van der Waals surface area contributed by atoms with E-state index < -0.39 is 11.7 Å². The Hall–Kier alpha value is -2.31. The van der Waals surface area contributed by atoms with Gasteiger partial charge in [-0.1, -0.05) is 6.07 Å². The Balaban J connectivity index is 1.40. The van der Waals surface area contributed by atoms with E-state index in [-0.39, 0.29) is 30.2 Å². The van der Waals surface area contributed by atoms with Gasteiger partial charge in [-0.05, 0) is 70.5 Å². The lowest BCUT2D eigenvalue weighted by atomic mass is 9.84. The molecule has 0 radical (unpaired) electrons. The number of hydrogen-bond acceptors (Lipinski definition) is 5. The predicted octanol–water partition coefficient (Wildman–Crippen LogP) is 4.19. The summed E-state index contributed by atoms with van der Waals surface area (Å²) in [5.74, 6) is 0.585. The Bertz CT molecular complexity index is 853. The van der Waals surface area contributed by atoms with Gasteiger partial charge < -0.3 is 15.0 Å². The molecule has 0 atom stereocenters. The van der Waals surface area contributed by atoms with E-state index in [2.05, 4.69) is 10.2 Å². The summed E-state index contributed by atoms with van der Waals surface area (Å²) in [4.78, 5) is 16.2. The summed E-state index contributed by atoms with van der Waals surface area (Å²) >= 11 is 0. The number of anilines is 1. The molecule has 9 heteroatoms. The molecule has 1 N–H and O–H groups in total. The summed E-state index contributed by atoms with van der Waals surface area (Å²) in [5.41, 5.74) is -0.784. The minimum absolute atomic E-state index is 0.0433. The van der Waals surface area contributed by atoms with Crippen LogP contribution in [0.4, 0.5) is 18.9 Å². The van der Waals surface area contributed by atoms with Crippen molar-refractivity contribution >= 4 is 11.6 Å². The van der Waals surface area contributed by atoms with E-state index in [1.165, 1.54) is 6.07 Å². The molecule has 1 aromatic carbocycles. The maximum atomic E-state index is 13.3. The zero-order valence-electron chi connectivity index (χ0n) is 20.0. The Morgan fingerprint density at radius 3 is 2.44 bits per heavy atom. The number of carbonyl (C=O) groups excluding carboxylic acids is 1. The molecule has 1 aliphatic carbocycles. The first kappa shape index (κ1) is 26.3.